The van der Waals surface area contributed by atoms with E-state index in [2.05, 4.69) is 20.9 Å². The fraction of sp³-hybridized carbons (Fsp3) is 0.167. The molecule has 7 nitrogen and oxygen atoms in total. The summed E-state index contributed by atoms with van der Waals surface area (Å²) < 4.78 is 27.9. The quantitative estimate of drug-likeness (QED) is 0.504. The van der Waals surface area contributed by atoms with Gasteiger partial charge in [-0.3, -0.25) is 19.4 Å². The topological polar surface area (TPSA) is 100 Å². The summed E-state index contributed by atoms with van der Waals surface area (Å²) >= 11 is 0. The zero-order valence-electron chi connectivity index (χ0n) is 17.9. The molecule has 2 aromatic carbocycles. The second kappa shape index (κ2) is 10.4. The number of anilines is 2. The smallest absolute Gasteiger partial charge is 0.257 e. The van der Waals surface area contributed by atoms with Gasteiger partial charge in [-0.2, -0.15) is 0 Å². The molecule has 33 heavy (non-hydrogen) atoms. The van der Waals surface area contributed by atoms with E-state index in [1.165, 1.54) is 12.4 Å². The molecule has 0 radical (unpaired) electrons. The fourth-order valence-corrected chi connectivity index (χ4v) is 3.06. The Morgan fingerprint density at radius 3 is 2.00 bits per heavy atom. The number of amides is 3. The monoisotopic (exact) mass is 452 g/mol. The van der Waals surface area contributed by atoms with Gasteiger partial charge in [0.15, 0.2) is 0 Å². The molecule has 0 aliphatic carbocycles. The molecule has 0 aliphatic rings. The van der Waals surface area contributed by atoms with Crippen molar-refractivity contribution in [3.05, 3.63) is 89.8 Å². The van der Waals surface area contributed by atoms with Gasteiger partial charge >= 0.3 is 0 Å². The Bertz CT molecular complexity index is 1150. The van der Waals surface area contributed by atoms with E-state index in [0.717, 1.165) is 18.2 Å². The summed E-state index contributed by atoms with van der Waals surface area (Å²) in [7, 11) is 0. The van der Waals surface area contributed by atoms with E-state index in [1.54, 1.807) is 50.2 Å². The number of pyridine rings is 1. The number of benzene rings is 2. The zero-order chi connectivity index (χ0) is 24.0. The minimum Gasteiger partial charge on any atom is -0.340 e. The third kappa shape index (κ3) is 5.97. The van der Waals surface area contributed by atoms with Crippen LogP contribution in [0.2, 0.25) is 0 Å². The van der Waals surface area contributed by atoms with Crippen molar-refractivity contribution in [3.8, 4) is 0 Å². The van der Waals surface area contributed by atoms with Crippen LogP contribution < -0.4 is 16.0 Å². The van der Waals surface area contributed by atoms with Crippen LogP contribution in [0.15, 0.2) is 67.0 Å². The Morgan fingerprint density at radius 2 is 1.39 bits per heavy atom. The summed E-state index contributed by atoms with van der Waals surface area (Å²) in [6.07, 6.45) is 3.00. The minimum absolute atomic E-state index is 0.347. The first-order valence-electron chi connectivity index (χ1n) is 10.1. The molecule has 0 saturated heterocycles. The van der Waals surface area contributed by atoms with Gasteiger partial charge in [-0.1, -0.05) is 26.0 Å². The molecule has 9 heteroatoms. The maximum absolute atomic E-state index is 13.9. The van der Waals surface area contributed by atoms with Crippen LogP contribution in [0.3, 0.4) is 0 Å². The molecule has 0 saturated carbocycles. The molecular formula is C24H22F2N4O3. The molecule has 1 aromatic heterocycles. The number of carbonyl (C=O) groups excluding carboxylic acids is 3. The highest BCUT2D eigenvalue weighted by molar-refractivity contribution is 6.05. The van der Waals surface area contributed by atoms with Crippen LogP contribution in [0.1, 0.15) is 34.6 Å². The molecule has 0 fully saturated rings. The first-order chi connectivity index (χ1) is 15.8. The second-order valence-corrected chi connectivity index (χ2v) is 7.55. The number of nitrogens with one attached hydrogen (secondary N) is 3. The standard InChI is InChI=1S/C24H22F2N4O3/c1-14(2)21(30-23(32)20-18(25)7-4-8-19(20)26)24(33)29-17-6-3-5-16(13-17)28-22(31)15-9-11-27-12-10-15/h3-14,21H,1-2H3,(H,28,31)(H,29,33)(H,30,32)/t21-/m0/s1. The lowest BCUT2D eigenvalue weighted by Gasteiger charge is -2.22. The summed E-state index contributed by atoms with van der Waals surface area (Å²) in [6, 6.07) is 11.6. The van der Waals surface area contributed by atoms with Gasteiger partial charge in [0.1, 0.15) is 23.2 Å². The van der Waals surface area contributed by atoms with Crippen LogP contribution in [0.4, 0.5) is 20.2 Å². The SMILES string of the molecule is CC(C)[C@H](NC(=O)c1c(F)cccc1F)C(=O)Nc1cccc(NC(=O)c2ccncc2)c1. The average molecular weight is 452 g/mol. The molecule has 0 unspecified atom stereocenters. The lowest BCUT2D eigenvalue weighted by molar-refractivity contribution is -0.118. The predicted molar refractivity (Wildman–Crippen MR) is 120 cm³/mol. The first-order valence-corrected chi connectivity index (χ1v) is 10.1. The van der Waals surface area contributed by atoms with Crippen molar-refractivity contribution in [2.75, 3.05) is 10.6 Å². The number of aromatic nitrogens is 1. The Morgan fingerprint density at radius 1 is 0.818 bits per heavy atom. The number of hydrogen-bond acceptors (Lipinski definition) is 4. The van der Waals surface area contributed by atoms with Crippen molar-refractivity contribution in [1.82, 2.24) is 10.3 Å². The van der Waals surface area contributed by atoms with Gasteiger partial charge in [0, 0.05) is 29.3 Å². The second-order valence-electron chi connectivity index (χ2n) is 7.55. The lowest BCUT2D eigenvalue weighted by Crippen LogP contribution is -2.47. The van der Waals surface area contributed by atoms with E-state index < -0.39 is 35.1 Å². The summed E-state index contributed by atoms with van der Waals surface area (Å²) in [5, 5.41) is 7.78. The number of halogens is 2. The van der Waals surface area contributed by atoms with Crippen molar-refractivity contribution in [1.29, 1.82) is 0 Å². The van der Waals surface area contributed by atoms with Crippen LogP contribution in [0.5, 0.6) is 0 Å². The number of hydrogen-bond donors (Lipinski definition) is 3. The van der Waals surface area contributed by atoms with Crippen molar-refractivity contribution < 1.29 is 23.2 Å². The number of carbonyl (C=O) groups is 3. The minimum atomic E-state index is -1.06. The van der Waals surface area contributed by atoms with Gasteiger partial charge in [0.25, 0.3) is 11.8 Å². The van der Waals surface area contributed by atoms with Gasteiger partial charge in [0.05, 0.1) is 0 Å². The molecule has 3 N–H and O–H groups in total. The van der Waals surface area contributed by atoms with E-state index in [0.29, 0.717) is 16.9 Å². The van der Waals surface area contributed by atoms with Gasteiger partial charge in [-0.25, -0.2) is 8.78 Å². The molecule has 3 rings (SSSR count). The third-order valence-electron chi connectivity index (χ3n) is 4.76. The normalized spacial score (nSPS) is 11.5. The van der Waals surface area contributed by atoms with Crippen LogP contribution in [0.25, 0.3) is 0 Å². The summed E-state index contributed by atoms with van der Waals surface area (Å²) in [5.74, 6) is -4.37. The van der Waals surface area contributed by atoms with Crippen LogP contribution in [-0.2, 0) is 4.79 Å². The molecule has 0 spiro atoms. The maximum atomic E-state index is 13.9. The summed E-state index contributed by atoms with van der Waals surface area (Å²) in [6.45, 7) is 3.38. The highest BCUT2D eigenvalue weighted by atomic mass is 19.1. The van der Waals surface area contributed by atoms with Crippen molar-refractivity contribution in [3.63, 3.8) is 0 Å². The Kier molecular flexibility index (Phi) is 7.45. The summed E-state index contributed by atoms with van der Waals surface area (Å²) in [5.41, 5.74) is 0.469. The third-order valence-corrected chi connectivity index (χ3v) is 4.76. The Hall–Kier alpha value is -4.14. The van der Waals surface area contributed by atoms with Crippen LogP contribution in [-0.4, -0.2) is 28.7 Å². The maximum Gasteiger partial charge on any atom is 0.257 e. The molecule has 170 valence electrons. The molecular weight excluding hydrogens is 430 g/mol. The highest BCUT2D eigenvalue weighted by Crippen LogP contribution is 2.18. The highest BCUT2D eigenvalue weighted by Gasteiger charge is 2.27. The number of rotatable bonds is 7. The lowest BCUT2D eigenvalue weighted by atomic mass is 10.0. The molecule has 1 atom stereocenters. The fourth-order valence-electron chi connectivity index (χ4n) is 3.06. The van der Waals surface area contributed by atoms with Crippen molar-refractivity contribution in [2.24, 2.45) is 5.92 Å². The van der Waals surface area contributed by atoms with Gasteiger partial charge in [-0.05, 0) is 48.4 Å². The Balaban J connectivity index is 1.71. The average Bonchev–Trinajstić information content (AvgIpc) is 2.78. The zero-order valence-corrected chi connectivity index (χ0v) is 17.9. The van der Waals surface area contributed by atoms with E-state index in [1.807, 2.05) is 0 Å². The van der Waals surface area contributed by atoms with Crippen LogP contribution in [0, 0.1) is 17.6 Å². The number of nitrogens with zero attached hydrogens (tertiary/aromatic N) is 1. The molecule has 3 amide bonds. The van der Waals surface area contributed by atoms with E-state index >= 15 is 0 Å². The van der Waals surface area contributed by atoms with Crippen molar-refractivity contribution in [2.45, 2.75) is 19.9 Å². The van der Waals surface area contributed by atoms with Gasteiger partial charge in [0.2, 0.25) is 5.91 Å². The molecule has 0 aliphatic heterocycles. The largest absolute Gasteiger partial charge is 0.340 e. The predicted octanol–water partition coefficient (Wildman–Crippen LogP) is 4.01. The van der Waals surface area contributed by atoms with Crippen LogP contribution >= 0.6 is 0 Å². The van der Waals surface area contributed by atoms with E-state index in [4.69, 9.17) is 0 Å². The van der Waals surface area contributed by atoms with E-state index in [9.17, 15) is 23.2 Å². The summed E-state index contributed by atoms with van der Waals surface area (Å²) in [4.78, 5) is 41.5. The molecule has 1 heterocycles. The van der Waals surface area contributed by atoms with Gasteiger partial charge < -0.3 is 16.0 Å². The van der Waals surface area contributed by atoms with E-state index in [-0.39, 0.29) is 11.8 Å². The molecule has 3 aromatic rings. The van der Waals surface area contributed by atoms with Gasteiger partial charge in [-0.15, -0.1) is 0 Å². The Labute approximate surface area is 189 Å². The first kappa shape index (κ1) is 23.5. The van der Waals surface area contributed by atoms with Crippen molar-refractivity contribution >= 4 is 29.1 Å². The molecule has 0 bridgehead atoms.